The molecule has 4 rings (SSSR count). The smallest absolute Gasteiger partial charge is 0.232 e. The quantitative estimate of drug-likeness (QED) is 0.708. The van der Waals surface area contributed by atoms with Crippen molar-refractivity contribution in [2.24, 2.45) is 0 Å². The number of benzene rings is 1. The number of hydrogen-bond donors (Lipinski definition) is 0. The van der Waals surface area contributed by atoms with Gasteiger partial charge in [-0.1, -0.05) is 28.9 Å². The molecular weight excluding hydrogens is 337 g/mol. The van der Waals surface area contributed by atoms with Crippen molar-refractivity contribution < 1.29 is 8.91 Å². The fourth-order valence-corrected chi connectivity index (χ4v) is 3.54. The van der Waals surface area contributed by atoms with Crippen LogP contribution in [0.25, 0.3) is 10.7 Å². The van der Waals surface area contributed by atoms with Gasteiger partial charge in [-0.25, -0.2) is 4.39 Å². The molecule has 3 aromatic rings. The normalized spacial score (nSPS) is 15.7. The molecule has 0 N–H and O–H groups in total. The number of rotatable bonds is 4. The topological polar surface area (TPSA) is 42.2 Å². The third kappa shape index (κ3) is 2.89. The second-order valence-corrected chi connectivity index (χ2v) is 6.88. The number of halogens is 2. The number of thiophene rings is 1. The van der Waals surface area contributed by atoms with Crippen LogP contribution in [0.1, 0.15) is 17.4 Å². The molecule has 0 radical (unpaired) electrons. The molecule has 4 nitrogen and oxygen atoms in total. The molecule has 3 heterocycles. The molecule has 1 aromatic carbocycles. The van der Waals surface area contributed by atoms with Gasteiger partial charge in [0.1, 0.15) is 5.82 Å². The minimum atomic E-state index is -0.265. The van der Waals surface area contributed by atoms with Crippen molar-refractivity contribution in [2.75, 3.05) is 13.1 Å². The second-order valence-electron chi connectivity index (χ2n) is 5.52. The number of aromatic nitrogens is 2. The largest absolute Gasteiger partial charge is 0.339 e. The zero-order chi connectivity index (χ0) is 15.8. The number of likely N-dealkylation sites (tertiary alicyclic amines) is 1. The van der Waals surface area contributed by atoms with Crippen LogP contribution in [0.4, 0.5) is 4.39 Å². The van der Waals surface area contributed by atoms with Gasteiger partial charge in [0.05, 0.1) is 10.8 Å². The molecule has 118 valence electrons. The Morgan fingerprint density at radius 2 is 2.17 bits per heavy atom. The maximum absolute atomic E-state index is 13.8. The van der Waals surface area contributed by atoms with Crippen molar-refractivity contribution >= 4 is 22.9 Å². The molecule has 1 aliphatic heterocycles. The van der Waals surface area contributed by atoms with Crippen LogP contribution in [-0.4, -0.2) is 28.1 Å². The lowest BCUT2D eigenvalue weighted by atomic mass is 9.99. The van der Waals surface area contributed by atoms with Crippen LogP contribution in [-0.2, 0) is 6.54 Å². The average molecular weight is 350 g/mol. The maximum atomic E-state index is 13.8. The summed E-state index contributed by atoms with van der Waals surface area (Å²) in [4.78, 5) is 7.57. The fraction of sp³-hybridized carbons (Fsp3) is 0.250. The van der Waals surface area contributed by atoms with Crippen molar-refractivity contribution in [3.8, 4) is 10.7 Å². The lowest BCUT2D eigenvalue weighted by Gasteiger charge is -2.37. The first kappa shape index (κ1) is 14.8. The lowest BCUT2D eigenvalue weighted by molar-refractivity contribution is 0.116. The Morgan fingerprint density at radius 1 is 1.30 bits per heavy atom. The molecule has 1 aliphatic rings. The Hall–Kier alpha value is -1.76. The average Bonchev–Trinajstić information content (AvgIpc) is 3.16. The van der Waals surface area contributed by atoms with E-state index in [-0.39, 0.29) is 11.7 Å². The van der Waals surface area contributed by atoms with E-state index < -0.39 is 0 Å². The van der Waals surface area contributed by atoms with Crippen LogP contribution in [0.15, 0.2) is 40.2 Å². The summed E-state index contributed by atoms with van der Waals surface area (Å²) >= 11 is 7.64. The highest BCUT2D eigenvalue weighted by molar-refractivity contribution is 7.13. The van der Waals surface area contributed by atoms with Crippen LogP contribution in [0.2, 0.25) is 5.02 Å². The molecule has 7 heteroatoms. The Labute approximate surface area is 141 Å². The van der Waals surface area contributed by atoms with Gasteiger partial charge in [-0.3, -0.25) is 4.90 Å². The van der Waals surface area contributed by atoms with E-state index in [1.54, 1.807) is 23.5 Å². The van der Waals surface area contributed by atoms with Crippen molar-refractivity contribution in [2.45, 2.75) is 12.5 Å². The van der Waals surface area contributed by atoms with Crippen LogP contribution in [0, 0.1) is 5.82 Å². The summed E-state index contributed by atoms with van der Waals surface area (Å²) in [5.74, 6) is 1.20. The summed E-state index contributed by atoms with van der Waals surface area (Å²) in [6.07, 6.45) is 0. The zero-order valence-electron chi connectivity index (χ0n) is 12.1. The number of hydrogen-bond acceptors (Lipinski definition) is 5. The first-order valence-corrected chi connectivity index (χ1v) is 8.49. The van der Waals surface area contributed by atoms with Crippen LogP contribution >= 0.6 is 22.9 Å². The van der Waals surface area contributed by atoms with Crippen molar-refractivity contribution in [3.05, 3.63) is 58.0 Å². The standard InChI is InChI=1S/C16H13ClFN3OS/c17-12-3-1-4-13(18)11(12)9-21-7-10(8-21)16-19-15(20-22-16)14-5-2-6-23-14/h1-6,10H,7-9H2. The zero-order valence-corrected chi connectivity index (χ0v) is 13.6. The summed E-state index contributed by atoms with van der Waals surface area (Å²) in [6, 6.07) is 8.68. The van der Waals surface area contributed by atoms with E-state index in [1.807, 2.05) is 17.5 Å². The van der Waals surface area contributed by atoms with Crippen molar-refractivity contribution in [1.29, 1.82) is 0 Å². The molecule has 2 aromatic heterocycles. The van der Waals surface area contributed by atoms with Gasteiger partial charge in [0, 0.05) is 30.2 Å². The van der Waals surface area contributed by atoms with E-state index in [0.717, 1.165) is 18.0 Å². The van der Waals surface area contributed by atoms with E-state index in [4.69, 9.17) is 16.1 Å². The summed E-state index contributed by atoms with van der Waals surface area (Å²) in [5, 5.41) is 6.47. The molecule has 0 bridgehead atoms. The third-order valence-corrected chi connectivity index (χ3v) is 5.15. The van der Waals surface area contributed by atoms with Crippen LogP contribution in [0.5, 0.6) is 0 Å². The Bertz CT molecular complexity index is 794. The van der Waals surface area contributed by atoms with Crippen LogP contribution < -0.4 is 0 Å². The first-order valence-electron chi connectivity index (χ1n) is 7.23. The van der Waals surface area contributed by atoms with E-state index in [0.29, 0.717) is 28.8 Å². The predicted molar refractivity (Wildman–Crippen MR) is 87.0 cm³/mol. The summed E-state index contributed by atoms with van der Waals surface area (Å²) < 4.78 is 19.2. The predicted octanol–water partition coefficient (Wildman–Crippen LogP) is 4.19. The molecule has 23 heavy (non-hydrogen) atoms. The van der Waals surface area contributed by atoms with Gasteiger partial charge in [0.2, 0.25) is 11.7 Å². The Morgan fingerprint density at radius 3 is 2.91 bits per heavy atom. The van der Waals surface area contributed by atoms with E-state index >= 15 is 0 Å². The minimum absolute atomic E-state index is 0.196. The van der Waals surface area contributed by atoms with Crippen molar-refractivity contribution in [3.63, 3.8) is 0 Å². The van der Waals surface area contributed by atoms with Gasteiger partial charge in [-0.15, -0.1) is 11.3 Å². The molecule has 1 fully saturated rings. The fourth-order valence-electron chi connectivity index (χ4n) is 2.67. The molecule has 0 spiro atoms. The van der Waals surface area contributed by atoms with Crippen LogP contribution in [0.3, 0.4) is 0 Å². The monoisotopic (exact) mass is 349 g/mol. The number of nitrogens with zero attached hydrogens (tertiary/aromatic N) is 3. The van der Waals surface area contributed by atoms with Gasteiger partial charge in [-0.2, -0.15) is 4.98 Å². The first-order chi connectivity index (χ1) is 11.2. The summed E-state index contributed by atoms with van der Waals surface area (Å²) in [5.41, 5.74) is 0.539. The van der Waals surface area contributed by atoms with Gasteiger partial charge < -0.3 is 4.52 Å². The molecule has 0 saturated carbocycles. The Kier molecular flexibility index (Phi) is 3.88. The third-order valence-electron chi connectivity index (χ3n) is 3.93. The van der Waals surface area contributed by atoms with E-state index in [9.17, 15) is 4.39 Å². The maximum Gasteiger partial charge on any atom is 0.232 e. The molecule has 0 unspecified atom stereocenters. The SMILES string of the molecule is Fc1cccc(Cl)c1CN1CC(c2nc(-c3cccs3)no2)C1. The van der Waals surface area contributed by atoms with E-state index in [1.165, 1.54) is 6.07 Å². The molecule has 0 atom stereocenters. The lowest BCUT2D eigenvalue weighted by Crippen LogP contribution is -2.44. The van der Waals surface area contributed by atoms with Gasteiger partial charge in [-0.05, 0) is 23.6 Å². The molecule has 0 aliphatic carbocycles. The molecule has 1 saturated heterocycles. The summed E-state index contributed by atoms with van der Waals surface area (Å²) in [6.45, 7) is 2.02. The van der Waals surface area contributed by atoms with Gasteiger partial charge in [0.15, 0.2) is 0 Å². The second kappa shape index (κ2) is 6.03. The van der Waals surface area contributed by atoms with Crippen molar-refractivity contribution in [1.82, 2.24) is 15.0 Å². The Balaban J connectivity index is 1.40. The minimum Gasteiger partial charge on any atom is -0.339 e. The van der Waals surface area contributed by atoms with Gasteiger partial charge in [0.25, 0.3) is 0 Å². The highest BCUT2D eigenvalue weighted by atomic mass is 35.5. The van der Waals surface area contributed by atoms with E-state index in [2.05, 4.69) is 15.0 Å². The highest BCUT2D eigenvalue weighted by Crippen LogP contribution is 2.31. The molecule has 0 amide bonds. The van der Waals surface area contributed by atoms with Gasteiger partial charge >= 0.3 is 0 Å². The highest BCUT2D eigenvalue weighted by Gasteiger charge is 2.33. The molecular formula is C16H13ClFN3OS. The summed E-state index contributed by atoms with van der Waals surface area (Å²) in [7, 11) is 0.